The van der Waals surface area contributed by atoms with E-state index < -0.39 is 0 Å². The molecule has 0 radical (unpaired) electrons. The Morgan fingerprint density at radius 1 is 0.939 bits per heavy atom. The van der Waals surface area contributed by atoms with Gasteiger partial charge < -0.3 is 29.3 Å². The first-order valence-corrected chi connectivity index (χ1v) is 11.8. The minimum absolute atomic E-state index is 0.179. The van der Waals surface area contributed by atoms with E-state index in [1.165, 1.54) is 11.8 Å². The highest BCUT2D eigenvalue weighted by Gasteiger charge is 2.23. The average Bonchev–Trinajstić information content (AvgIpc) is 3.17. The van der Waals surface area contributed by atoms with Gasteiger partial charge in [0.1, 0.15) is 10.1 Å². The molecule has 0 unspecified atom stereocenters. The normalized spacial score (nSPS) is 20.3. The minimum atomic E-state index is -0.179. The number of carbonyl (C=O) groups excluding carboxylic acids is 1. The molecule has 3 aliphatic heterocycles. The maximum absolute atomic E-state index is 11.9. The van der Waals surface area contributed by atoms with E-state index in [1.54, 1.807) is 6.08 Å². The number of nitrogens with zero attached hydrogens (tertiary/aromatic N) is 5. The Hall–Kier alpha value is -2.80. The lowest BCUT2D eigenvalue weighted by molar-refractivity contribution is -0.115. The number of hydrogen-bond acceptors (Lipinski definition) is 11. The number of aromatic nitrogens is 3. The van der Waals surface area contributed by atoms with Crippen molar-refractivity contribution in [2.45, 2.75) is 0 Å². The zero-order valence-electron chi connectivity index (χ0n) is 17.7. The largest absolute Gasteiger partial charge is 0.424 e. The van der Waals surface area contributed by atoms with Crippen LogP contribution in [-0.4, -0.2) is 77.8 Å². The molecule has 1 aromatic heterocycles. The quantitative estimate of drug-likeness (QED) is 0.495. The van der Waals surface area contributed by atoms with Crippen molar-refractivity contribution in [3.8, 4) is 11.8 Å². The smallest absolute Gasteiger partial charge is 0.328 e. The highest BCUT2D eigenvalue weighted by molar-refractivity contribution is 8.26. The lowest BCUT2D eigenvalue weighted by Gasteiger charge is -2.30. The van der Waals surface area contributed by atoms with E-state index in [1.807, 2.05) is 24.3 Å². The maximum atomic E-state index is 11.9. The molecule has 3 aliphatic rings. The zero-order valence-corrected chi connectivity index (χ0v) is 19.4. The fourth-order valence-electron chi connectivity index (χ4n) is 3.50. The van der Waals surface area contributed by atoms with E-state index in [0.717, 1.165) is 5.56 Å². The van der Waals surface area contributed by atoms with Crippen LogP contribution in [0.3, 0.4) is 0 Å². The monoisotopic (exact) mass is 486 g/mol. The molecule has 5 rings (SSSR count). The van der Waals surface area contributed by atoms with E-state index >= 15 is 0 Å². The summed E-state index contributed by atoms with van der Waals surface area (Å²) in [6.07, 6.45) is 1.79. The van der Waals surface area contributed by atoms with Gasteiger partial charge in [0.05, 0.1) is 31.3 Å². The Balaban J connectivity index is 1.37. The minimum Gasteiger partial charge on any atom is -0.424 e. The summed E-state index contributed by atoms with van der Waals surface area (Å²) in [7, 11) is 0. The summed E-state index contributed by atoms with van der Waals surface area (Å²) < 4.78 is 17.4. The van der Waals surface area contributed by atoms with Crippen LogP contribution in [0.1, 0.15) is 5.56 Å². The number of rotatable bonds is 5. The Morgan fingerprint density at radius 3 is 2.03 bits per heavy atom. The van der Waals surface area contributed by atoms with Gasteiger partial charge in [-0.25, -0.2) is 0 Å². The molecule has 10 nitrogen and oxygen atoms in total. The van der Waals surface area contributed by atoms with Gasteiger partial charge in [-0.05, 0) is 23.8 Å². The summed E-state index contributed by atoms with van der Waals surface area (Å²) in [5, 5.41) is 2.61. The van der Waals surface area contributed by atoms with Crippen molar-refractivity contribution in [2.24, 2.45) is 0 Å². The molecule has 3 fully saturated rings. The van der Waals surface area contributed by atoms with Gasteiger partial charge in [-0.3, -0.25) is 4.79 Å². The van der Waals surface area contributed by atoms with Crippen LogP contribution in [0.4, 0.5) is 11.9 Å². The van der Waals surface area contributed by atoms with Gasteiger partial charge in [0.15, 0.2) is 0 Å². The number of nitrogens with one attached hydrogen (secondary N) is 1. The number of thioether (sulfide) groups is 1. The number of ether oxygens (including phenoxy) is 3. The van der Waals surface area contributed by atoms with Gasteiger partial charge in [0.2, 0.25) is 11.9 Å². The predicted octanol–water partition coefficient (Wildman–Crippen LogP) is 1.83. The maximum Gasteiger partial charge on any atom is 0.328 e. The van der Waals surface area contributed by atoms with Crippen molar-refractivity contribution in [3.63, 3.8) is 0 Å². The first kappa shape index (κ1) is 22.0. The molecule has 12 heteroatoms. The topological polar surface area (TPSA) is 102 Å². The number of amides is 1. The van der Waals surface area contributed by atoms with E-state index in [2.05, 4.69) is 30.1 Å². The van der Waals surface area contributed by atoms with Crippen LogP contribution >= 0.6 is 24.0 Å². The van der Waals surface area contributed by atoms with Gasteiger partial charge in [0, 0.05) is 26.2 Å². The Morgan fingerprint density at radius 2 is 1.52 bits per heavy atom. The van der Waals surface area contributed by atoms with Gasteiger partial charge in [-0.1, -0.05) is 36.1 Å². The summed E-state index contributed by atoms with van der Waals surface area (Å²) in [4.78, 5) is 30.4. The van der Waals surface area contributed by atoms with E-state index in [-0.39, 0.29) is 11.9 Å². The third-order valence-corrected chi connectivity index (χ3v) is 6.37. The molecule has 33 heavy (non-hydrogen) atoms. The van der Waals surface area contributed by atoms with Crippen molar-refractivity contribution < 1.29 is 19.0 Å². The van der Waals surface area contributed by atoms with Gasteiger partial charge in [-0.2, -0.15) is 15.0 Å². The summed E-state index contributed by atoms with van der Waals surface area (Å²) in [6.45, 7) is 5.38. The van der Waals surface area contributed by atoms with Crippen LogP contribution in [0.2, 0.25) is 0 Å². The Bertz CT molecular complexity index is 1030. The molecule has 0 saturated carbocycles. The number of morpholine rings is 2. The second-order valence-corrected chi connectivity index (χ2v) is 9.16. The average molecular weight is 487 g/mol. The predicted molar refractivity (Wildman–Crippen MR) is 129 cm³/mol. The molecule has 1 N–H and O–H groups in total. The van der Waals surface area contributed by atoms with Gasteiger partial charge >= 0.3 is 6.01 Å². The van der Waals surface area contributed by atoms with Crippen LogP contribution in [0.25, 0.3) is 6.08 Å². The molecule has 1 amide bonds. The lowest BCUT2D eigenvalue weighted by atomic mass is 10.2. The number of anilines is 2. The molecule has 0 aliphatic carbocycles. The molecule has 2 aromatic rings. The highest BCUT2D eigenvalue weighted by Crippen LogP contribution is 2.28. The number of benzene rings is 1. The third kappa shape index (κ3) is 5.41. The van der Waals surface area contributed by atoms with Crippen molar-refractivity contribution >= 4 is 52.2 Å². The van der Waals surface area contributed by atoms with E-state index in [0.29, 0.717) is 79.5 Å². The lowest BCUT2D eigenvalue weighted by Crippen LogP contribution is -2.40. The summed E-state index contributed by atoms with van der Waals surface area (Å²) in [5.74, 6) is 1.56. The second kappa shape index (κ2) is 10.00. The van der Waals surface area contributed by atoms with Crippen LogP contribution in [-0.2, 0) is 14.3 Å². The van der Waals surface area contributed by atoms with E-state index in [4.69, 9.17) is 26.4 Å². The number of thiocarbonyl (C=S) groups is 1. The fraction of sp³-hybridized carbons (Fsp3) is 0.381. The summed E-state index contributed by atoms with van der Waals surface area (Å²) >= 11 is 6.28. The van der Waals surface area contributed by atoms with Gasteiger partial charge in [0.25, 0.3) is 5.91 Å². The molecular formula is C21H22N6O4S2. The van der Waals surface area contributed by atoms with E-state index in [9.17, 15) is 4.79 Å². The zero-order chi connectivity index (χ0) is 22.6. The molecule has 172 valence electrons. The highest BCUT2D eigenvalue weighted by atomic mass is 32.2. The Kier molecular flexibility index (Phi) is 6.67. The number of hydrogen-bond donors (Lipinski definition) is 1. The molecular weight excluding hydrogens is 464 g/mol. The Labute approximate surface area is 200 Å². The third-order valence-electron chi connectivity index (χ3n) is 5.21. The first-order valence-electron chi connectivity index (χ1n) is 10.6. The molecule has 0 atom stereocenters. The van der Waals surface area contributed by atoms with Crippen LogP contribution in [0.15, 0.2) is 29.2 Å². The van der Waals surface area contributed by atoms with Gasteiger partial charge in [-0.15, -0.1) is 0 Å². The van der Waals surface area contributed by atoms with Crippen molar-refractivity contribution in [1.29, 1.82) is 0 Å². The van der Waals surface area contributed by atoms with Crippen molar-refractivity contribution in [1.82, 2.24) is 20.3 Å². The summed E-state index contributed by atoms with van der Waals surface area (Å²) in [5.41, 5.74) is 0.864. The molecule has 3 saturated heterocycles. The molecule has 4 heterocycles. The van der Waals surface area contributed by atoms with Crippen LogP contribution in [0, 0.1) is 0 Å². The molecule has 0 spiro atoms. The van der Waals surface area contributed by atoms with Crippen molar-refractivity contribution in [2.75, 3.05) is 62.4 Å². The number of carbonyl (C=O) groups is 1. The molecule has 1 aromatic carbocycles. The first-order chi connectivity index (χ1) is 16.1. The fourth-order valence-corrected chi connectivity index (χ4v) is 4.54. The summed E-state index contributed by atoms with van der Waals surface area (Å²) in [6, 6.07) is 7.59. The second-order valence-electron chi connectivity index (χ2n) is 7.44. The van der Waals surface area contributed by atoms with Crippen LogP contribution < -0.4 is 19.9 Å². The SMILES string of the molecule is O=C1NC(=S)S/C1=C/c1ccc(Oc2nc(N3CCOCC3)nc(N3CCOCC3)n2)cc1. The standard InChI is InChI=1S/C21H22N6O4S2/c28-17-16(33-21(32)22-17)13-14-1-3-15(4-2-14)31-20-24-18(26-5-9-29-10-6-26)23-19(25-20)27-7-11-30-12-8-27/h1-4,13H,5-12H2,(H,22,28,32)/b16-13+. The molecule has 0 bridgehead atoms. The van der Waals surface area contributed by atoms with Crippen molar-refractivity contribution in [3.05, 3.63) is 34.7 Å². The van der Waals surface area contributed by atoms with Crippen LogP contribution in [0.5, 0.6) is 11.8 Å².